The van der Waals surface area contributed by atoms with Gasteiger partial charge >= 0.3 is 0 Å². The zero-order valence-corrected chi connectivity index (χ0v) is 7.80. The molecule has 0 atom stereocenters. The highest BCUT2D eigenvalue weighted by atomic mass is 13.8. The molecule has 0 saturated carbocycles. The molecule has 0 spiro atoms. The van der Waals surface area contributed by atoms with Gasteiger partial charge in [0.15, 0.2) is 0 Å². The lowest BCUT2D eigenvalue weighted by molar-refractivity contribution is 1.50. The van der Waals surface area contributed by atoms with Crippen LogP contribution in [-0.4, -0.2) is 0 Å². The van der Waals surface area contributed by atoms with E-state index in [4.69, 9.17) is 0 Å². The van der Waals surface area contributed by atoms with E-state index >= 15 is 0 Å². The molecule has 0 N–H and O–H groups in total. The smallest absolute Gasteiger partial charge is 0.0398 e. The Kier molecular flexibility index (Phi) is 23.6. The fraction of sp³-hybridized carbons (Fsp3) is 0.333. The molecule has 0 fully saturated rings. The van der Waals surface area contributed by atoms with Gasteiger partial charge in [0.25, 0.3) is 0 Å². The number of rotatable bonds is 3. The second kappa shape index (κ2) is 16.5. The molecule has 0 nitrogen and oxygen atoms in total. The first-order valence-electron chi connectivity index (χ1n) is 3.89. The Morgan fingerprint density at radius 1 is 1.08 bits per heavy atom. The second-order valence-electron chi connectivity index (χ2n) is 1.74. The Bertz CT molecular complexity index is 147. The monoisotopic (exact) mass is 166 g/mol. The number of allylic oxidation sites excluding steroid dienone is 6. The van der Waals surface area contributed by atoms with Gasteiger partial charge < -0.3 is 0 Å². The fourth-order valence-corrected chi connectivity index (χ4v) is 0.354. The van der Waals surface area contributed by atoms with Gasteiger partial charge in [-0.25, -0.2) is 0 Å². The fourth-order valence-electron chi connectivity index (χ4n) is 0.354. The van der Waals surface area contributed by atoms with Crippen LogP contribution in [0.15, 0.2) is 49.1 Å². The summed E-state index contributed by atoms with van der Waals surface area (Å²) in [5.74, 6) is 0. The average Bonchev–Trinajstić information content (AvgIpc) is 2.08. The summed E-state index contributed by atoms with van der Waals surface area (Å²) in [4.78, 5) is 0. The van der Waals surface area contributed by atoms with E-state index in [1.807, 2.05) is 45.1 Å². The molecule has 70 valence electrons. The molecule has 0 amide bonds. The summed E-state index contributed by atoms with van der Waals surface area (Å²) in [6.07, 6.45) is 9.35. The Morgan fingerprint density at radius 3 is 1.92 bits per heavy atom. The van der Waals surface area contributed by atoms with Crippen LogP contribution in [0.5, 0.6) is 0 Å². The molecular weight excluding hydrogens is 144 g/mol. The van der Waals surface area contributed by atoms with Crippen molar-refractivity contribution in [3.63, 3.8) is 0 Å². The predicted molar refractivity (Wildman–Crippen MR) is 61.4 cm³/mol. The van der Waals surface area contributed by atoms with E-state index < -0.39 is 0 Å². The van der Waals surface area contributed by atoms with Gasteiger partial charge in [0.2, 0.25) is 0 Å². The lowest BCUT2D eigenvalue weighted by atomic mass is 10.3. The molecule has 12 heavy (non-hydrogen) atoms. The van der Waals surface area contributed by atoms with Crippen LogP contribution in [-0.2, 0) is 0 Å². The van der Waals surface area contributed by atoms with Crippen molar-refractivity contribution in [3.8, 4) is 0 Å². The summed E-state index contributed by atoms with van der Waals surface area (Å²) in [5.41, 5.74) is 1.16. The Balaban J connectivity index is -0.000000249. The SMILES string of the molecule is C.C=C/C=C\C=C(\C)C=C.CC. The first-order valence-corrected chi connectivity index (χ1v) is 3.89. The molecule has 0 heterocycles. The topological polar surface area (TPSA) is 0 Å². The van der Waals surface area contributed by atoms with Crippen molar-refractivity contribution in [1.29, 1.82) is 0 Å². The van der Waals surface area contributed by atoms with E-state index in [0.717, 1.165) is 5.57 Å². The highest BCUT2D eigenvalue weighted by Gasteiger charge is 1.70. The van der Waals surface area contributed by atoms with Crippen molar-refractivity contribution in [1.82, 2.24) is 0 Å². The third kappa shape index (κ3) is 16.0. The third-order valence-corrected chi connectivity index (χ3v) is 0.928. The molecule has 0 rings (SSSR count). The molecule has 0 aliphatic heterocycles. The van der Waals surface area contributed by atoms with Gasteiger partial charge in [0, 0.05) is 0 Å². The van der Waals surface area contributed by atoms with E-state index in [2.05, 4.69) is 13.2 Å². The van der Waals surface area contributed by atoms with Crippen LogP contribution in [0.2, 0.25) is 0 Å². The molecule has 0 unspecified atom stereocenters. The van der Waals surface area contributed by atoms with Crippen molar-refractivity contribution in [2.75, 3.05) is 0 Å². The molecule has 0 bridgehead atoms. The van der Waals surface area contributed by atoms with Crippen molar-refractivity contribution in [2.24, 2.45) is 0 Å². The molecule has 0 aliphatic rings. The molecular formula is C12H22. The minimum atomic E-state index is 0. The van der Waals surface area contributed by atoms with E-state index in [9.17, 15) is 0 Å². The summed E-state index contributed by atoms with van der Waals surface area (Å²) in [5, 5.41) is 0. The van der Waals surface area contributed by atoms with Gasteiger partial charge in [0.1, 0.15) is 0 Å². The van der Waals surface area contributed by atoms with Crippen LogP contribution in [0.4, 0.5) is 0 Å². The van der Waals surface area contributed by atoms with E-state index in [1.165, 1.54) is 0 Å². The second-order valence-corrected chi connectivity index (χ2v) is 1.74. The van der Waals surface area contributed by atoms with E-state index in [0.29, 0.717) is 0 Å². The summed E-state index contributed by atoms with van der Waals surface area (Å²) in [7, 11) is 0. The highest BCUT2D eigenvalue weighted by Crippen LogP contribution is 1.91. The molecule has 0 heteroatoms. The minimum absolute atomic E-state index is 0. The standard InChI is InChI=1S/C9H12.C2H6.CH4/c1-4-6-7-8-9(3)5-2;1-2;/h4-8H,1-2H2,3H3;1-2H3;1H4/b7-6-,9-8-;;. The normalized spacial score (nSPS) is 9.42. The number of hydrogen-bond donors (Lipinski definition) is 0. The lowest BCUT2D eigenvalue weighted by Gasteiger charge is -1.81. The molecule has 0 radical (unpaired) electrons. The summed E-state index contributed by atoms with van der Waals surface area (Å²) in [6, 6.07) is 0. The first kappa shape index (κ1) is 17.2. The zero-order valence-electron chi connectivity index (χ0n) is 7.80. The summed E-state index contributed by atoms with van der Waals surface area (Å²) < 4.78 is 0. The maximum absolute atomic E-state index is 3.61. The average molecular weight is 166 g/mol. The highest BCUT2D eigenvalue weighted by molar-refractivity contribution is 5.21. The van der Waals surface area contributed by atoms with Gasteiger partial charge in [-0.05, 0) is 6.92 Å². The lowest BCUT2D eigenvalue weighted by Crippen LogP contribution is -1.60. The van der Waals surface area contributed by atoms with Crippen LogP contribution in [0.1, 0.15) is 28.2 Å². The number of hydrogen-bond acceptors (Lipinski definition) is 0. The first-order chi connectivity index (χ1) is 5.31. The predicted octanol–water partition coefficient (Wildman–Crippen LogP) is 4.52. The van der Waals surface area contributed by atoms with Crippen molar-refractivity contribution >= 4 is 0 Å². The summed E-state index contributed by atoms with van der Waals surface area (Å²) in [6.45, 7) is 13.2. The minimum Gasteiger partial charge on any atom is -0.0991 e. The molecule has 0 aromatic rings. The Labute approximate surface area is 78.0 Å². The third-order valence-electron chi connectivity index (χ3n) is 0.928. The van der Waals surface area contributed by atoms with Crippen LogP contribution < -0.4 is 0 Å². The van der Waals surface area contributed by atoms with Crippen molar-refractivity contribution < 1.29 is 0 Å². The van der Waals surface area contributed by atoms with Gasteiger partial charge in [0.05, 0.1) is 0 Å². The van der Waals surface area contributed by atoms with E-state index in [1.54, 1.807) is 6.08 Å². The van der Waals surface area contributed by atoms with Crippen LogP contribution >= 0.6 is 0 Å². The van der Waals surface area contributed by atoms with Gasteiger partial charge in [-0.15, -0.1) is 0 Å². The van der Waals surface area contributed by atoms with Gasteiger partial charge in [-0.2, -0.15) is 0 Å². The quantitative estimate of drug-likeness (QED) is 0.541. The molecule has 0 aliphatic carbocycles. The van der Waals surface area contributed by atoms with Crippen LogP contribution in [0.3, 0.4) is 0 Å². The van der Waals surface area contributed by atoms with E-state index in [-0.39, 0.29) is 7.43 Å². The van der Waals surface area contributed by atoms with Gasteiger partial charge in [-0.3, -0.25) is 0 Å². The summed E-state index contributed by atoms with van der Waals surface area (Å²) >= 11 is 0. The molecule has 0 saturated heterocycles. The van der Waals surface area contributed by atoms with Crippen LogP contribution in [0.25, 0.3) is 0 Å². The molecule has 0 aromatic carbocycles. The van der Waals surface area contributed by atoms with Crippen molar-refractivity contribution in [3.05, 3.63) is 49.1 Å². The van der Waals surface area contributed by atoms with Crippen LogP contribution in [0, 0.1) is 0 Å². The largest absolute Gasteiger partial charge is 0.0991 e. The van der Waals surface area contributed by atoms with Gasteiger partial charge in [-0.1, -0.05) is 70.4 Å². The zero-order chi connectivity index (χ0) is 9.11. The molecule has 0 aromatic heterocycles. The Morgan fingerprint density at radius 2 is 1.58 bits per heavy atom. The van der Waals surface area contributed by atoms with Crippen molar-refractivity contribution in [2.45, 2.75) is 28.2 Å². The maximum Gasteiger partial charge on any atom is -0.0398 e. The maximum atomic E-state index is 3.61. The Hall–Kier alpha value is -1.04.